The largest absolute Gasteiger partial charge is 0.478 e. The number of terminal acetylenes is 1. The van der Waals surface area contributed by atoms with Gasteiger partial charge in [0.2, 0.25) is 0 Å². The lowest BCUT2D eigenvalue weighted by atomic mass is 10.2. The number of carboxylic acid groups (broad SMARTS) is 1. The summed E-state index contributed by atoms with van der Waals surface area (Å²) < 4.78 is 5.37. The van der Waals surface area contributed by atoms with E-state index in [4.69, 9.17) is 16.3 Å². The average molecular weight is 236 g/mol. The van der Waals surface area contributed by atoms with Crippen molar-refractivity contribution in [3.63, 3.8) is 0 Å². The summed E-state index contributed by atoms with van der Waals surface area (Å²) in [6.07, 6.45) is 6.56. The van der Waals surface area contributed by atoms with Crippen LogP contribution in [0.3, 0.4) is 0 Å². The van der Waals surface area contributed by atoms with Crippen molar-refractivity contribution < 1.29 is 14.6 Å². The van der Waals surface area contributed by atoms with Crippen LogP contribution in [0.15, 0.2) is 23.1 Å². The Morgan fingerprint density at radius 2 is 2.31 bits per heavy atom. The second kappa shape index (κ2) is 5.47. The summed E-state index contributed by atoms with van der Waals surface area (Å²) in [5, 5.41) is 9.12. The van der Waals surface area contributed by atoms with E-state index in [0.717, 1.165) is 0 Å². The first-order chi connectivity index (χ1) is 7.60. The first-order valence-corrected chi connectivity index (χ1v) is 5.85. The van der Waals surface area contributed by atoms with E-state index in [-0.39, 0.29) is 5.56 Å². The zero-order chi connectivity index (χ0) is 12.1. The third-order valence-electron chi connectivity index (χ3n) is 1.96. The van der Waals surface area contributed by atoms with Gasteiger partial charge in [0.25, 0.3) is 0 Å². The summed E-state index contributed by atoms with van der Waals surface area (Å²) in [7, 11) is 0. The molecule has 0 aromatic heterocycles. The molecule has 0 bridgehead atoms. The highest BCUT2D eigenvalue weighted by molar-refractivity contribution is 7.98. The van der Waals surface area contributed by atoms with E-state index in [0.29, 0.717) is 10.6 Å². The number of thioether (sulfide) groups is 1. The number of carboxylic acids is 1. The molecule has 3 nitrogen and oxygen atoms in total. The molecule has 0 aliphatic carbocycles. The second-order valence-corrected chi connectivity index (χ2v) is 3.91. The van der Waals surface area contributed by atoms with Gasteiger partial charge in [-0.1, -0.05) is 12.0 Å². The summed E-state index contributed by atoms with van der Waals surface area (Å²) in [6, 6.07) is 5.09. The van der Waals surface area contributed by atoms with E-state index in [2.05, 4.69) is 5.92 Å². The summed E-state index contributed by atoms with van der Waals surface area (Å²) in [5.74, 6) is 1.70. The molecule has 1 aromatic rings. The van der Waals surface area contributed by atoms with Crippen molar-refractivity contribution in [2.45, 2.75) is 17.9 Å². The molecule has 1 rings (SSSR count). The van der Waals surface area contributed by atoms with E-state index in [1.54, 1.807) is 25.1 Å². The van der Waals surface area contributed by atoms with Gasteiger partial charge in [0.1, 0.15) is 11.3 Å². The third kappa shape index (κ3) is 2.71. The fourth-order valence-corrected chi connectivity index (χ4v) is 1.82. The molecule has 16 heavy (non-hydrogen) atoms. The molecule has 1 unspecified atom stereocenters. The zero-order valence-corrected chi connectivity index (χ0v) is 9.88. The quantitative estimate of drug-likeness (QED) is 0.644. The van der Waals surface area contributed by atoms with Crippen LogP contribution in [-0.4, -0.2) is 23.4 Å². The molecule has 1 aromatic carbocycles. The lowest BCUT2D eigenvalue weighted by Crippen LogP contribution is -2.12. The van der Waals surface area contributed by atoms with Gasteiger partial charge in [-0.15, -0.1) is 18.2 Å². The summed E-state index contributed by atoms with van der Waals surface area (Å²) >= 11 is 1.36. The minimum atomic E-state index is -1.01. The molecule has 1 N–H and O–H groups in total. The lowest BCUT2D eigenvalue weighted by Gasteiger charge is -2.13. The fraction of sp³-hybridized carbons (Fsp3) is 0.250. The van der Waals surface area contributed by atoms with Gasteiger partial charge in [0, 0.05) is 4.90 Å². The molecule has 0 radical (unpaired) electrons. The van der Waals surface area contributed by atoms with Crippen LogP contribution in [0.4, 0.5) is 0 Å². The van der Waals surface area contributed by atoms with Gasteiger partial charge in [-0.05, 0) is 25.3 Å². The van der Waals surface area contributed by atoms with Crippen LogP contribution in [-0.2, 0) is 0 Å². The Balaban J connectivity index is 3.18. The number of carbonyl (C=O) groups is 1. The molecule has 1 atom stereocenters. The van der Waals surface area contributed by atoms with Crippen LogP contribution >= 0.6 is 11.8 Å². The molecule has 0 heterocycles. The summed E-state index contributed by atoms with van der Waals surface area (Å²) in [4.78, 5) is 11.8. The Morgan fingerprint density at radius 3 is 2.81 bits per heavy atom. The number of ether oxygens (including phenoxy) is 1. The first kappa shape index (κ1) is 12.5. The fourth-order valence-electron chi connectivity index (χ4n) is 1.21. The molecule has 0 fully saturated rings. The average Bonchev–Trinajstić information content (AvgIpc) is 2.28. The lowest BCUT2D eigenvalue weighted by molar-refractivity contribution is 0.0687. The Kier molecular flexibility index (Phi) is 4.27. The predicted octanol–water partition coefficient (Wildman–Crippen LogP) is 2.51. The summed E-state index contributed by atoms with van der Waals surface area (Å²) in [5.41, 5.74) is 0.164. The molecular weight excluding hydrogens is 224 g/mol. The maximum absolute atomic E-state index is 11.1. The first-order valence-electron chi connectivity index (χ1n) is 4.63. The van der Waals surface area contributed by atoms with E-state index < -0.39 is 12.1 Å². The molecule has 84 valence electrons. The maximum Gasteiger partial charge on any atom is 0.340 e. The molecule has 4 heteroatoms. The number of rotatable bonds is 4. The molecule has 0 amide bonds. The van der Waals surface area contributed by atoms with Crippen molar-refractivity contribution in [1.82, 2.24) is 0 Å². The van der Waals surface area contributed by atoms with Crippen LogP contribution in [0.5, 0.6) is 5.75 Å². The number of hydrogen-bond donors (Lipinski definition) is 1. The van der Waals surface area contributed by atoms with Gasteiger partial charge in [0.15, 0.2) is 6.10 Å². The van der Waals surface area contributed by atoms with Gasteiger partial charge >= 0.3 is 5.97 Å². The number of aromatic carboxylic acids is 1. The highest BCUT2D eigenvalue weighted by Gasteiger charge is 2.17. The molecular formula is C12H12O3S. The second-order valence-electron chi connectivity index (χ2n) is 3.07. The van der Waals surface area contributed by atoms with Crippen molar-refractivity contribution in [3.8, 4) is 18.1 Å². The van der Waals surface area contributed by atoms with Gasteiger partial charge in [0.05, 0.1) is 0 Å². The summed E-state index contributed by atoms with van der Waals surface area (Å²) in [6.45, 7) is 1.69. The van der Waals surface area contributed by atoms with Crippen LogP contribution in [0.1, 0.15) is 17.3 Å². The minimum absolute atomic E-state index is 0.164. The SMILES string of the molecule is C#CC(C)Oc1cccc(SC)c1C(=O)O. The highest BCUT2D eigenvalue weighted by Crippen LogP contribution is 2.29. The van der Waals surface area contributed by atoms with Crippen molar-refractivity contribution in [1.29, 1.82) is 0 Å². The number of hydrogen-bond acceptors (Lipinski definition) is 3. The monoisotopic (exact) mass is 236 g/mol. The molecule has 0 spiro atoms. The number of benzene rings is 1. The maximum atomic E-state index is 11.1. The predicted molar refractivity (Wildman–Crippen MR) is 64.1 cm³/mol. The highest BCUT2D eigenvalue weighted by atomic mass is 32.2. The van der Waals surface area contributed by atoms with Gasteiger partial charge in [-0.25, -0.2) is 4.79 Å². The molecule has 0 saturated carbocycles. The van der Waals surface area contributed by atoms with Crippen LogP contribution < -0.4 is 4.74 Å². The van der Waals surface area contributed by atoms with Gasteiger partial charge in [-0.2, -0.15) is 0 Å². The molecule has 0 saturated heterocycles. The van der Waals surface area contributed by atoms with Crippen molar-refractivity contribution in [2.24, 2.45) is 0 Å². The normalized spacial score (nSPS) is 11.6. The topological polar surface area (TPSA) is 46.5 Å². The Morgan fingerprint density at radius 1 is 1.62 bits per heavy atom. The smallest absolute Gasteiger partial charge is 0.340 e. The minimum Gasteiger partial charge on any atom is -0.478 e. The standard InChI is InChI=1S/C12H12O3S/c1-4-8(2)15-9-6-5-7-10(16-3)11(9)12(13)14/h1,5-8H,2-3H3,(H,13,14). The van der Waals surface area contributed by atoms with Crippen molar-refractivity contribution in [2.75, 3.05) is 6.26 Å². The molecule has 0 aliphatic heterocycles. The van der Waals surface area contributed by atoms with E-state index >= 15 is 0 Å². The third-order valence-corrected chi connectivity index (χ3v) is 2.74. The Bertz CT molecular complexity index is 434. The van der Waals surface area contributed by atoms with E-state index in [9.17, 15) is 4.79 Å². The van der Waals surface area contributed by atoms with Crippen molar-refractivity contribution in [3.05, 3.63) is 23.8 Å². The zero-order valence-electron chi connectivity index (χ0n) is 9.06. The van der Waals surface area contributed by atoms with Crippen LogP contribution in [0.25, 0.3) is 0 Å². The van der Waals surface area contributed by atoms with E-state index in [1.165, 1.54) is 11.8 Å². The van der Waals surface area contributed by atoms with E-state index in [1.807, 2.05) is 6.26 Å². The molecule has 0 aliphatic rings. The Hall–Kier alpha value is -1.60. The van der Waals surface area contributed by atoms with Crippen LogP contribution in [0, 0.1) is 12.3 Å². The Labute approximate surface area is 98.8 Å². The van der Waals surface area contributed by atoms with Crippen molar-refractivity contribution >= 4 is 17.7 Å². The van der Waals surface area contributed by atoms with Gasteiger partial charge < -0.3 is 9.84 Å². The van der Waals surface area contributed by atoms with Gasteiger partial charge in [-0.3, -0.25) is 0 Å². The van der Waals surface area contributed by atoms with Crippen LogP contribution in [0.2, 0.25) is 0 Å².